The second-order valence-corrected chi connectivity index (χ2v) is 6.20. The molecule has 9 heteroatoms. The van der Waals surface area contributed by atoms with Crippen LogP contribution in [-0.2, 0) is 0 Å². The van der Waals surface area contributed by atoms with Gasteiger partial charge in [0.25, 0.3) is 11.8 Å². The van der Waals surface area contributed by atoms with Gasteiger partial charge < -0.3 is 15.1 Å². The lowest BCUT2D eigenvalue weighted by Crippen LogP contribution is -2.37. The minimum absolute atomic E-state index is 0.0413. The molecule has 0 aromatic carbocycles. The summed E-state index contributed by atoms with van der Waals surface area (Å²) in [4.78, 5) is 32.3. The molecule has 1 aliphatic rings. The second-order valence-electron chi connectivity index (χ2n) is 6.20. The van der Waals surface area contributed by atoms with Gasteiger partial charge in [0.2, 0.25) is 0 Å². The van der Waals surface area contributed by atoms with Gasteiger partial charge in [-0.25, -0.2) is 4.68 Å². The molecule has 2 atom stereocenters. The molecule has 1 saturated heterocycles. The minimum atomic E-state index is -0.279. The predicted octanol–water partition coefficient (Wildman–Crippen LogP) is -0.340. The molecule has 0 spiro atoms. The van der Waals surface area contributed by atoms with Gasteiger partial charge in [-0.05, 0) is 26.2 Å². The van der Waals surface area contributed by atoms with Gasteiger partial charge >= 0.3 is 0 Å². The van der Waals surface area contributed by atoms with Crippen molar-refractivity contribution in [1.29, 1.82) is 0 Å². The highest BCUT2D eigenvalue weighted by Crippen LogP contribution is 2.25. The van der Waals surface area contributed by atoms with E-state index in [9.17, 15) is 9.59 Å². The number of carbonyl (C=O) groups excluding carboxylic acids is 2. The Labute approximate surface area is 145 Å². The van der Waals surface area contributed by atoms with Gasteiger partial charge in [0, 0.05) is 32.5 Å². The van der Waals surface area contributed by atoms with Crippen LogP contribution >= 0.6 is 0 Å². The van der Waals surface area contributed by atoms with Crippen LogP contribution in [0, 0.1) is 0 Å². The minimum Gasteiger partial charge on any atom is -0.354 e. The highest BCUT2D eigenvalue weighted by atomic mass is 16.2. The molecule has 3 rings (SSSR count). The van der Waals surface area contributed by atoms with Gasteiger partial charge in [-0.15, -0.1) is 5.10 Å². The van der Waals surface area contributed by atoms with Gasteiger partial charge in [-0.2, -0.15) is 0 Å². The molecule has 2 aromatic heterocycles. The number of nitrogens with one attached hydrogen (secondary N) is 1. The predicted molar refractivity (Wildman–Crippen MR) is 90.1 cm³/mol. The summed E-state index contributed by atoms with van der Waals surface area (Å²) in [6.07, 6.45) is 4.90. The second kappa shape index (κ2) is 6.98. The Morgan fingerprint density at radius 2 is 2.08 bits per heavy atom. The van der Waals surface area contributed by atoms with Crippen molar-refractivity contribution >= 4 is 11.8 Å². The SMILES string of the molecule is CNC(=O)c1ccc(C(=O)N2C[C@@H](N(C)C)[C@@H](n3ccnn3)C2)cn1. The summed E-state index contributed by atoms with van der Waals surface area (Å²) in [6.45, 7) is 1.13. The molecule has 2 aromatic rings. The number of hydrogen-bond acceptors (Lipinski definition) is 6. The lowest BCUT2D eigenvalue weighted by atomic mass is 10.1. The van der Waals surface area contributed by atoms with E-state index in [1.807, 2.05) is 20.3 Å². The van der Waals surface area contributed by atoms with Crippen LogP contribution in [0.1, 0.15) is 26.9 Å². The average Bonchev–Trinajstić information content (AvgIpc) is 3.29. The molecule has 1 fully saturated rings. The average molecular weight is 343 g/mol. The van der Waals surface area contributed by atoms with E-state index in [1.165, 1.54) is 6.20 Å². The fraction of sp³-hybridized carbons (Fsp3) is 0.438. The van der Waals surface area contributed by atoms with Crippen LogP contribution in [0.15, 0.2) is 30.7 Å². The number of carbonyl (C=O) groups is 2. The summed E-state index contributed by atoms with van der Waals surface area (Å²) < 4.78 is 1.80. The van der Waals surface area contributed by atoms with Gasteiger partial charge in [-0.1, -0.05) is 5.21 Å². The summed E-state index contributed by atoms with van der Waals surface area (Å²) in [7, 11) is 5.52. The molecule has 25 heavy (non-hydrogen) atoms. The fourth-order valence-electron chi connectivity index (χ4n) is 3.06. The summed E-state index contributed by atoms with van der Waals surface area (Å²) in [5.74, 6) is -0.385. The number of nitrogens with zero attached hydrogens (tertiary/aromatic N) is 6. The maximum absolute atomic E-state index is 12.8. The Hall–Kier alpha value is -2.81. The van der Waals surface area contributed by atoms with E-state index >= 15 is 0 Å². The lowest BCUT2D eigenvalue weighted by Gasteiger charge is -2.24. The van der Waals surface area contributed by atoms with Crippen molar-refractivity contribution < 1.29 is 9.59 Å². The highest BCUT2D eigenvalue weighted by Gasteiger charge is 2.38. The molecule has 0 bridgehead atoms. The number of amides is 2. The standard InChI is InChI=1S/C16H21N7O2/c1-17-15(24)12-5-4-11(8-18-12)16(25)22-9-13(21(2)3)14(10-22)23-7-6-19-20-23/h4-8,13-14H,9-10H2,1-3H3,(H,17,24)/t13-,14+/m1/s1. The molecule has 2 amide bonds. The third-order valence-electron chi connectivity index (χ3n) is 4.46. The zero-order chi connectivity index (χ0) is 18.0. The van der Waals surface area contributed by atoms with Gasteiger partial charge in [0.15, 0.2) is 0 Å². The fourth-order valence-corrected chi connectivity index (χ4v) is 3.06. The van der Waals surface area contributed by atoms with E-state index in [0.29, 0.717) is 18.7 Å². The van der Waals surface area contributed by atoms with Crippen LogP contribution in [0.2, 0.25) is 0 Å². The van der Waals surface area contributed by atoms with Crippen LogP contribution in [-0.4, -0.2) is 81.9 Å². The van der Waals surface area contributed by atoms with Crippen LogP contribution in [0.3, 0.4) is 0 Å². The van der Waals surface area contributed by atoms with Crippen molar-refractivity contribution in [2.24, 2.45) is 0 Å². The normalized spacial score (nSPS) is 20.1. The first kappa shape index (κ1) is 17.0. The van der Waals surface area contributed by atoms with Gasteiger partial charge in [0.05, 0.1) is 23.8 Å². The van der Waals surface area contributed by atoms with Crippen LogP contribution in [0.4, 0.5) is 0 Å². The Morgan fingerprint density at radius 3 is 2.64 bits per heavy atom. The zero-order valence-corrected chi connectivity index (χ0v) is 14.5. The van der Waals surface area contributed by atoms with Crippen molar-refractivity contribution in [1.82, 2.24) is 35.1 Å². The largest absolute Gasteiger partial charge is 0.354 e. The Balaban J connectivity index is 1.77. The van der Waals surface area contributed by atoms with E-state index < -0.39 is 0 Å². The molecule has 0 radical (unpaired) electrons. The molecule has 0 aliphatic carbocycles. The van der Waals surface area contributed by atoms with Crippen LogP contribution in [0.25, 0.3) is 0 Å². The van der Waals surface area contributed by atoms with Crippen molar-refractivity contribution in [3.8, 4) is 0 Å². The molecule has 0 unspecified atom stereocenters. The third kappa shape index (κ3) is 3.36. The topological polar surface area (TPSA) is 96.2 Å². The van der Waals surface area contributed by atoms with Crippen LogP contribution in [0.5, 0.6) is 0 Å². The zero-order valence-electron chi connectivity index (χ0n) is 14.5. The molecule has 1 aliphatic heterocycles. The number of aromatic nitrogens is 4. The first-order chi connectivity index (χ1) is 12.0. The van der Waals surface area contributed by atoms with Gasteiger partial charge in [-0.3, -0.25) is 14.6 Å². The number of likely N-dealkylation sites (N-methyl/N-ethyl adjacent to an activating group) is 1. The first-order valence-electron chi connectivity index (χ1n) is 8.01. The molecule has 9 nitrogen and oxygen atoms in total. The summed E-state index contributed by atoms with van der Waals surface area (Å²) in [5, 5.41) is 10.5. The Bertz CT molecular complexity index is 742. The van der Waals surface area contributed by atoms with Gasteiger partial charge in [0.1, 0.15) is 5.69 Å². The van der Waals surface area contributed by atoms with Crippen molar-refractivity contribution in [3.63, 3.8) is 0 Å². The summed E-state index contributed by atoms with van der Waals surface area (Å²) >= 11 is 0. The number of hydrogen-bond donors (Lipinski definition) is 1. The van der Waals surface area contributed by atoms with Crippen LogP contribution < -0.4 is 5.32 Å². The molecule has 1 N–H and O–H groups in total. The molecular weight excluding hydrogens is 322 g/mol. The van der Waals surface area contributed by atoms with E-state index in [2.05, 4.69) is 25.5 Å². The maximum atomic E-state index is 12.8. The first-order valence-corrected chi connectivity index (χ1v) is 8.01. The smallest absolute Gasteiger partial charge is 0.269 e. The molecule has 0 saturated carbocycles. The highest BCUT2D eigenvalue weighted by molar-refractivity contribution is 5.96. The number of rotatable bonds is 4. The lowest BCUT2D eigenvalue weighted by molar-refractivity contribution is 0.0779. The summed E-state index contributed by atoms with van der Waals surface area (Å²) in [6, 6.07) is 3.37. The van der Waals surface area contributed by atoms with Crippen molar-refractivity contribution in [2.75, 3.05) is 34.2 Å². The summed E-state index contributed by atoms with van der Waals surface area (Å²) in [5.41, 5.74) is 0.747. The Kier molecular flexibility index (Phi) is 4.75. The van der Waals surface area contributed by atoms with Crippen molar-refractivity contribution in [3.05, 3.63) is 42.0 Å². The molecular formula is C16H21N7O2. The van der Waals surface area contributed by atoms with E-state index in [1.54, 1.807) is 35.0 Å². The maximum Gasteiger partial charge on any atom is 0.269 e. The van der Waals surface area contributed by atoms with E-state index in [-0.39, 0.29) is 29.6 Å². The molecule has 3 heterocycles. The van der Waals surface area contributed by atoms with E-state index in [0.717, 1.165) is 0 Å². The monoisotopic (exact) mass is 343 g/mol. The van der Waals surface area contributed by atoms with E-state index in [4.69, 9.17) is 0 Å². The van der Waals surface area contributed by atoms with Crippen molar-refractivity contribution in [2.45, 2.75) is 12.1 Å². The third-order valence-corrected chi connectivity index (χ3v) is 4.46. The Morgan fingerprint density at radius 1 is 1.28 bits per heavy atom. The molecule has 132 valence electrons. The quantitative estimate of drug-likeness (QED) is 0.816. The number of pyridine rings is 1. The number of likely N-dealkylation sites (tertiary alicyclic amines) is 1.